The quantitative estimate of drug-likeness (QED) is 0.455. The van der Waals surface area contributed by atoms with Crippen molar-refractivity contribution < 1.29 is 0 Å². The fraction of sp³-hybridized carbons (Fsp3) is 0.857. The molecule has 1 aliphatic heterocycles. The molecule has 1 aliphatic carbocycles. The highest BCUT2D eigenvalue weighted by Gasteiger charge is 2.38. The van der Waals surface area contributed by atoms with Gasteiger partial charge in [0.1, 0.15) is 0 Å². The van der Waals surface area contributed by atoms with Gasteiger partial charge in [-0.3, -0.25) is 5.41 Å². The Labute approximate surface area is 60.7 Å². The molecule has 2 rings (SSSR count). The summed E-state index contributed by atoms with van der Waals surface area (Å²) in [5.41, 5.74) is 0.275. The summed E-state index contributed by atoms with van der Waals surface area (Å²) >= 11 is 0. The van der Waals surface area contributed by atoms with Gasteiger partial charge in [0.05, 0.1) is 5.54 Å². The zero-order valence-electron chi connectivity index (χ0n) is 6.04. The molecule has 3 N–H and O–H groups in total. The van der Waals surface area contributed by atoms with Crippen LogP contribution in [0, 0.1) is 5.41 Å². The van der Waals surface area contributed by atoms with Gasteiger partial charge in [-0.05, 0) is 12.8 Å². The average molecular weight is 139 g/mol. The second-order valence-corrected chi connectivity index (χ2v) is 3.34. The fourth-order valence-corrected chi connectivity index (χ4v) is 1.96. The van der Waals surface area contributed by atoms with Crippen LogP contribution in [0.1, 0.15) is 25.7 Å². The highest BCUT2D eigenvalue weighted by Crippen LogP contribution is 2.30. The van der Waals surface area contributed by atoms with Gasteiger partial charge in [0.2, 0.25) is 0 Å². The molecule has 1 spiro atoms. The Morgan fingerprint density at radius 1 is 1.30 bits per heavy atom. The van der Waals surface area contributed by atoms with E-state index in [1.54, 1.807) is 0 Å². The van der Waals surface area contributed by atoms with E-state index in [-0.39, 0.29) is 5.54 Å². The third-order valence-corrected chi connectivity index (χ3v) is 2.55. The lowest BCUT2D eigenvalue weighted by atomic mass is 10.00. The van der Waals surface area contributed by atoms with E-state index < -0.39 is 0 Å². The Hall–Kier alpha value is -0.730. The predicted octanol–water partition coefficient (Wildman–Crippen LogP) is 0.427. The molecule has 0 bridgehead atoms. The lowest BCUT2D eigenvalue weighted by molar-refractivity contribution is 0.427. The van der Waals surface area contributed by atoms with E-state index >= 15 is 0 Å². The van der Waals surface area contributed by atoms with E-state index in [1.807, 2.05) is 0 Å². The summed E-state index contributed by atoms with van der Waals surface area (Å²) in [6.07, 6.45) is 5.12. The molecule has 0 aromatic rings. The SMILES string of the molecule is N=C1NCC2(CCCC2)N1. The van der Waals surface area contributed by atoms with Crippen molar-refractivity contribution in [1.82, 2.24) is 10.6 Å². The maximum Gasteiger partial charge on any atom is 0.188 e. The summed E-state index contributed by atoms with van der Waals surface area (Å²) in [5, 5.41) is 13.5. The van der Waals surface area contributed by atoms with Gasteiger partial charge in [0.15, 0.2) is 5.96 Å². The topological polar surface area (TPSA) is 47.9 Å². The van der Waals surface area contributed by atoms with Gasteiger partial charge in [-0.1, -0.05) is 12.8 Å². The minimum atomic E-state index is 0.275. The first-order valence-electron chi connectivity index (χ1n) is 3.91. The Morgan fingerprint density at radius 3 is 2.50 bits per heavy atom. The number of nitrogens with one attached hydrogen (secondary N) is 3. The van der Waals surface area contributed by atoms with Gasteiger partial charge in [0.25, 0.3) is 0 Å². The van der Waals surface area contributed by atoms with Crippen LogP contribution < -0.4 is 10.6 Å². The smallest absolute Gasteiger partial charge is 0.188 e. The summed E-state index contributed by atoms with van der Waals surface area (Å²) in [6.45, 7) is 0.964. The molecular weight excluding hydrogens is 126 g/mol. The van der Waals surface area contributed by atoms with E-state index in [2.05, 4.69) is 10.6 Å². The molecular formula is C7H13N3. The first kappa shape index (κ1) is 6.01. The second kappa shape index (κ2) is 1.87. The first-order chi connectivity index (χ1) is 4.81. The van der Waals surface area contributed by atoms with Crippen LogP contribution in [-0.4, -0.2) is 18.0 Å². The molecule has 1 saturated carbocycles. The van der Waals surface area contributed by atoms with Gasteiger partial charge >= 0.3 is 0 Å². The van der Waals surface area contributed by atoms with E-state index in [0.717, 1.165) is 6.54 Å². The summed E-state index contributed by atoms with van der Waals surface area (Å²) in [4.78, 5) is 0. The average Bonchev–Trinajstić information content (AvgIpc) is 2.46. The van der Waals surface area contributed by atoms with Gasteiger partial charge in [-0.2, -0.15) is 0 Å². The zero-order valence-corrected chi connectivity index (χ0v) is 6.04. The summed E-state index contributed by atoms with van der Waals surface area (Å²) in [6, 6.07) is 0. The molecule has 0 aromatic heterocycles. The largest absolute Gasteiger partial charge is 0.354 e. The van der Waals surface area contributed by atoms with Crippen molar-refractivity contribution in [3.63, 3.8) is 0 Å². The molecule has 3 heteroatoms. The molecule has 10 heavy (non-hydrogen) atoms. The minimum Gasteiger partial charge on any atom is -0.354 e. The highest BCUT2D eigenvalue weighted by atomic mass is 15.3. The zero-order chi connectivity index (χ0) is 7.03. The lowest BCUT2D eigenvalue weighted by Crippen LogP contribution is -2.40. The molecule has 56 valence electrons. The van der Waals surface area contributed by atoms with E-state index in [1.165, 1.54) is 25.7 Å². The van der Waals surface area contributed by atoms with Gasteiger partial charge < -0.3 is 10.6 Å². The van der Waals surface area contributed by atoms with Crippen molar-refractivity contribution in [2.75, 3.05) is 6.54 Å². The van der Waals surface area contributed by atoms with Crippen molar-refractivity contribution in [3.8, 4) is 0 Å². The summed E-state index contributed by atoms with van der Waals surface area (Å²) < 4.78 is 0. The molecule has 0 aromatic carbocycles. The Morgan fingerprint density at radius 2 is 2.00 bits per heavy atom. The maximum absolute atomic E-state index is 7.32. The third kappa shape index (κ3) is 0.770. The molecule has 0 unspecified atom stereocenters. The van der Waals surface area contributed by atoms with Crippen LogP contribution in [0.2, 0.25) is 0 Å². The molecule has 3 nitrogen and oxygen atoms in total. The summed E-state index contributed by atoms with van der Waals surface area (Å²) in [5.74, 6) is 0.516. The Balaban J connectivity index is 2.09. The number of hydrogen-bond donors (Lipinski definition) is 3. The van der Waals surface area contributed by atoms with Crippen LogP contribution in [0.15, 0.2) is 0 Å². The molecule has 0 atom stereocenters. The standard InChI is InChI=1S/C7H13N3/c8-6-9-5-7(10-6)3-1-2-4-7/h1-5H2,(H3,8,9,10). The van der Waals surface area contributed by atoms with Crippen LogP contribution in [0.25, 0.3) is 0 Å². The molecule has 2 fully saturated rings. The molecule has 1 heterocycles. The van der Waals surface area contributed by atoms with Crippen molar-refractivity contribution in [1.29, 1.82) is 5.41 Å². The van der Waals surface area contributed by atoms with Crippen LogP contribution in [-0.2, 0) is 0 Å². The van der Waals surface area contributed by atoms with Gasteiger partial charge in [-0.25, -0.2) is 0 Å². The first-order valence-corrected chi connectivity index (χ1v) is 3.91. The van der Waals surface area contributed by atoms with Gasteiger partial charge in [-0.15, -0.1) is 0 Å². The van der Waals surface area contributed by atoms with Crippen LogP contribution in [0.4, 0.5) is 0 Å². The van der Waals surface area contributed by atoms with Crippen molar-refractivity contribution in [2.45, 2.75) is 31.2 Å². The normalized spacial score (nSPS) is 28.6. The van der Waals surface area contributed by atoms with Gasteiger partial charge in [0, 0.05) is 6.54 Å². The molecule has 2 aliphatic rings. The number of hydrogen-bond acceptors (Lipinski definition) is 1. The molecule has 0 amide bonds. The van der Waals surface area contributed by atoms with Crippen LogP contribution >= 0.6 is 0 Å². The number of guanidine groups is 1. The summed E-state index contributed by atoms with van der Waals surface area (Å²) in [7, 11) is 0. The van der Waals surface area contributed by atoms with Crippen LogP contribution in [0.3, 0.4) is 0 Å². The van der Waals surface area contributed by atoms with Crippen LogP contribution in [0.5, 0.6) is 0 Å². The third-order valence-electron chi connectivity index (χ3n) is 2.55. The Bertz CT molecular complexity index is 158. The lowest BCUT2D eigenvalue weighted by Gasteiger charge is -2.20. The predicted molar refractivity (Wildman–Crippen MR) is 40.1 cm³/mol. The maximum atomic E-state index is 7.32. The second-order valence-electron chi connectivity index (χ2n) is 3.34. The highest BCUT2D eigenvalue weighted by molar-refractivity contribution is 5.80. The van der Waals surface area contributed by atoms with E-state index in [9.17, 15) is 0 Å². The Kier molecular flexibility index (Phi) is 1.13. The monoisotopic (exact) mass is 139 g/mol. The fourth-order valence-electron chi connectivity index (χ4n) is 1.96. The van der Waals surface area contributed by atoms with E-state index in [4.69, 9.17) is 5.41 Å². The minimum absolute atomic E-state index is 0.275. The van der Waals surface area contributed by atoms with Crippen molar-refractivity contribution in [2.24, 2.45) is 0 Å². The molecule has 0 radical (unpaired) electrons. The van der Waals surface area contributed by atoms with Crippen molar-refractivity contribution >= 4 is 5.96 Å². The van der Waals surface area contributed by atoms with Crippen molar-refractivity contribution in [3.05, 3.63) is 0 Å². The molecule has 1 saturated heterocycles. The number of rotatable bonds is 0. The van der Waals surface area contributed by atoms with E-state index in [0.29, 0.717) is 5.96 Å².